The van der Waals surface area contributed by atoms with Crippen LogP contribution >= 0.6 is 0 Å². The highest BCUT2D eigenvalue weighted by molar-refractivity contribution is 6.08. The smallest absolute Gasteiger partial charge is 0.293 e. The number of benzene rings is 1. The minimum Gasteiger partial charge on any atom is -0.392 e. The fraction of sp³-hybridized carbons (Fsp3) is 0.0909. The SMILES string of the molecule is Cn1ccc(NC(=O)c2c(F)ccc([N+](=O)[O-])c2N)n1. The fourth-order valence-electron chi connectivity index (χ4n) is 1.63. The lowest BCUT2D eigenvalue weighted by atomic mass is 10.1. The summed E-state index contributed by atoms with van der Waals surface area (Å²) in [5, 5.41) is 16.9. The van der Waals surface area contributed by atoms with Crippen molar-refractivity contribution in [1.29, 1.82) is 0 Å². The number of nitro benzene ring substituents is 1. The molecule has 1 aromatic carbocycles. The van der Waals surface area contributed by atoms with Gasteiger partial charge in [-0.25, -0.2) is 4.39 Å². The molecule has 0 atom stereocenters. The summed E-state index contributed by atoms with van der Waals surface area (Å²) in [5.74, 6) is -1.66. The number of carbonyl (C=O) groups is 1. The van der Waals surface area contributed by atoms with E-state index in [-0.39, 0.29) is 5.82 Å². The lowest BCUT2D eigenvalue weighted by molar-refractivity contribution is -0.384. The number of anilines is 2. The molecule has 0 spiro atoms. The predicted octanol–water partition coefficient (Wildman–Crippen LogP) is 1.30. The molecule has 1 aromatic heterocycles. The maximum Gasteiger partial charge on any atom is 0.293 e. The Morgan fingerprint density at radius 3 is 2.75 bits per heavy atom. The second kappa shape index (κ2) is 4.96. The van der Waals surface area contributed by atoms with Gasteiger partial charge < -0.3 is 11.1 Å². The third kappa shape index (κ3) is 2.41. The van der Waals surface area contributed by atoms with Gasteiger partial charge in [-0.3, -0.25) is 19.6 Å². The first-order valence-electron chi connectivity index (χ1n) is 5.43. The molecule has 0 aliphatic carbocycles. The van der Waals surface area contributed by atoms with Crippen molar-refractivity contribution in [3.63, 3.8) is 0 Å². The van der Waals surface area contributed by atoms with E-state index in [1.807, 2.05) is 0 Å². The van der Waals surface area contributed by atoms with Crippen LogP contribution in [0.5, 0.6) is 0 Å². The van der Waals surface area contributed by atoms with Crippen molar-refractivity contribution in [2.75, 3.05) is 11.1 Å². The van der Waals surface area contributed by atoms with Gasteiger partial charge in [-0.1, -0.05) is 0 Å². The highest BCUT2D eigenvalue weighted by Gasteiger charge is 2.24. The van der Waals surface area contributed by atoms with Crippen LogP contribution in [0.1, 0.15) is 10.4 Å². The first kappa shape index (κ1) is 13.5. The zero-order valence-corrected chi connectivity index (χ0v) is 10.3. The second-order valence-electron chi connectivity index (χ2n) is 3.94. The number of aromatic nitrogens is 2. The zero-order valence-electron chi connectivity index (χ0n) is 10.3. The van der Waals surface area contributed by atoms with Gasteiger partial charge >= 0.3 is 0 Å². The Labute approximate surface area is 112 Å². The van der Waals surface area contributed by atoms with E-state index >= 15 is 0 Å². The van der Waals surface area contributed by atoms with Crippen LogP contribution in [0.15, 0.2) is 24.4 Å². The van der Waals surface area contributed by atoms with E-state index < -0.39 is 33.6 Å². The highest BCUT2D eigenvalue weighted by Crippen LogP contribution is 2.27. The Morgan fingerprint density at radius 2 is 2.20 bits per heavy atom. The van der Waals surface area contributed by atoms with E-state index in [0.717, 1.165) is 12.1 Å². The Balaban J connectivity index is 2.38. The molecule has 3 N–H and O–H groups in total. The highest BCUT2D eigenvalue weighted by atomic mass is 19.1. The molecule has 1 amide bonds. The van der Waals surface area contributed by atoms with Crippen molar-refractivity contribution >= 4 is 23.1 Å². The van der Waals surface area contributed by atoms with E-state index in [9.17, 15) is 19.3 Å². The number of aryl methyl sites for hydroxylation is 1. The van der Waals surface area contributed by atoms with Gasteiger partial charge in [0.1, 0.15) is 17.1 Å². The second-order valence-corrected chi connectivity index (χ2v) is 3.94. The van der Waals surface area contributed by atoms with Gasteiger partial charge in [-0.15, -0.1) is 0 Å². The largest absolute Gasteiger partial charge is 0.392 e. The lowest BCUT2D eigenvalue weighted by Crippen LogP contribution is -2.17. The van der Waals surface area contributed by atoms with Crippen molar-refractivity contribution in [3.8, 4) is 0 Å². The van der Waals surface area contributed by atoms with Gasteiger partial charge in [0.05, 0.1) is 4.92 Å². The van der Waals surface area contributed by atoms with E-state index in [2.05, 4.69) is 10.4 Å². The molecule has 0 bridgehead atoms. The summed E-state index contributed by atoms with van der Waals surface area (Å²) < 4.78 is 15.1. The molecule has 20 heavy (non-hydrogen) atoms. The van der Waals surface area contributed by atoms with Crippen molar-refractivity contribution in [2.24, 2.45) is 7.05 Å². The number of nitrogen functional groups attached to an aromatic ring is 1. The van der Waals surface area contributed by atoms with Crippen molar-refractivity contribution < 1.29 is 14.1 Å². The molecule has 0 saturated heterocycles. The molecule has 2 aromatic rings. The van der Waals surface area contributed by atoms with Crippen molar-refractivity contribution in [3.05, 3.63) is 45.9 Å². The summed E-state index contributed by atoms with van der Waals surface area (Å²) in [5.41, 5.74) is 3.84. The van der Waals surface area contributed by atoms with Gasteiger partial charge in [0, 0.05) is 25.4 Å². The Kier molecular flexibility index (Phi) is 3.34. The molecule has 0 aliphatic rings. The Morgan fingerprint density at radius 1 is 1.50 bits per heavy atom. The van der Waals surface area contributed by atoms with Crippen LogP contribution in [0.4, 0.5) is 21.6 Å². The molecule has 104 valence electrons. The van der Waals surface area contributed by atoms with Crippen LogP contribution < -0.4 is 11.1 Å². The number of rotatable bonds is 3. The molecule has 0 fully saturated rings. The average Bonchev–Trinajstić information content (AvgIpc) is 2.74. The van der Waals surface area contributed by atoms with Gasteiger partial charge in [0.25, 0.3) is 11.6 Å². The molecular formula is C11H10FN5O3. The number of halogens is 1. The molecule has 0 radical (unpaired) electrons. The minimum atomic E-state index is -0.943. The van der Waals surface area contributed by atoms with Crippen LogP contribution in [0, 0.1) is 15.9 Å². The molecule has 2 rings (SSSR count). The summed E-state index contributed by atoms with van der Waals surface area (Å²) in [7, 11) is 1.64. The first-order valence-corrected chi connectivity index (χ1v) is 5.43. The summed E-state index contributed by atoms with van der Waals surface area (Å²) in [6.45, 7) is 0. The molecule has 8 nitrogen and oxygen atoms in total. The van der Waals surface area contributed by atoms with E-state index in [0.29, 0.717) is 0 Å². The average molecular weight is 279 g/mol. The van der Waals surface area contributed by atoms with Gasteiger partial charge in [-0.2, -0.15) is 5.10 Å². The number of hydrogen-bond donors (Lipinski definition) is 2. The monoisotopic (exact) mass is 279 g/mol. The van der Waals surface area contributed by atoms with Gasteiger partial charge in [0.15, 0.2) is 5.82 Å². The lowest BCUT2D eigenvalue weighted by Gasteiger charge is -2.07. The van der Waals surface area contributed by atoms with Crippen LogP contribution in [0.2, 0.25) is 0 Å². The predicted molar refractivity (Wildman–Crippen MR) is 68.6 cm³/mol. The normalized spacial score (nSPS) is 10.3. The molecule has 0 unspecified atom stereocenters. The van der Waals surface area contributed by atoms with Crippen LogP contribution in [0.3, 0.4) is 0 Å². The third-order valence-corrected chi connectivity index (χ3v) is 2.55. The van der Waals surface area contributed by atoms with Crippen LogP contribution in [-0.4, -0.2) is 20.6 Å². The van der Waals surface area contributed by atoms with Crippen molar-refractivity contribution in [1.82, 2.24) is 9.78 Å². The summed E-state index contributed by atoms with van der Waals surface area (Å²) >= 11 is 0. The first-order chi connectivity index (χ1) is 9.40. The minimum absolute atomic E-state index is 0.183. The fourth-order valence-corrected chi connectivity index (χ4v) is 1.63. The number of amides is 1. The molecule has 9 heteroatoms. The number of nitrogens with two attached hydrogens (primary N) is 1. The van der Waals surface area contributed by atoms with Gasteiger partial charge in [0.2, 0.25) is 0 Å². The topological polar surface area (TPSA) is 116 Å². The van der Waals surface area contributed by atoms with E-state index in [1.54, 1.807) is 13.2 Å². The maximum absolute atomic E-state index is 13.7. The Bertz CT molecular complexity index is 697. The van der Waals surface area contributed by atoms with Gasteiger partial charge in [-0.05, 0) is 6.07 Å². The quantitative estimate of drug-likeness (QED) is 0.499. The molecule has 0 aliphatic heterocycles. The number of nitro groups is 1. The van der Waals surface area contributed by atoms with Crippen LogP contribution in [-0.2, 0) is 7.05 Å². The van der Waals surface area contributed by atoms with E-state index in [1.165, 1.54) is 10.7 Å². The molecular weight excluding hydrogens is 269 g/mol. The van der Waals surface area contributed by atoms with E-state index in [4.69, 9.17) is 5.73 Å². The summed E-state index contributed by atoms with van der Waals surface area (Å²) in [6.07, 6.45) is 1.57. The number of nitrogens with one attached hydrogen (secondary N) is 1. The number of nitrogens with zero attached hydrogens (tertiary/aromatic N) is 3. The maximum atomic E-state index is 13.7. The molecule has 0 saturated carbocycles. The summed E-state index contributed by atoms with van der Waals surface area (Å²) in [6, 6.07) is 3.22. The third-order valence-electron chi connectivity index (χ3n) is 2.55. The van der Waals surface area contributed by atoms with Crippen LogP contribution in [0.25, 0.3) is 0 Å². The zero-order chi connectivity index (χ0) is 14.9. The number of hydrogen-bond acceptors (Lipinski definition) is 5. The molecule has 1 heterocycles. The summed E-state index contributed by atoms with van der Waals surface area (Å²) in [4.78, 5) is 21.9. The standard InChI is InChI=1S/C11H10FN5O3/c1-16-5-4-8(15-16)14-11(18)9-6(12)2-3-7(10(9)13)17(19)20/h2-5H,13H2,1H3,(H,14,15,18). The van der Waals surface area contributed by atoms with Crippen molar-refractivity contribution in [2.45, 2.75) is 0 Å². The Hall–Kier alpha value is -2.97. The number of carbonyl (C=O) groups excluding carboxylic acids is 1.